The molecular formula is C14H16FNOS. The zero-order valence-electron chi connectivity index (χ0n) is 10.2. The van der Waals surface area contributed by atoms with Crippen molar-refractivity contribution in [3.63, 3.8) is 0 Å². The molecule has 2 nitrogen and oxygen atoms in total. The summed E-state index contributed by atoms with van der Waals surface area (Å²) < 4.78 is 13.1. The lowest BCUT2D eigenvalue weighted by Gasteiger charge is -2.15. The molecule has 2 rings (SSSR count). The fourth-order valence-corrected chi connectivity index (χ4v) is 2.55. The van der Waals surface area contributed by atoms with Crippen LogP contribution in [-0.2, 0) is 6.42 Å². The highest BCUT2D eigenvalue weighted by Crippen LogP contribution is 2.24. The maximum absolute atomic E-state index is 13.1. The predicted octanol–water partition coefficient (Wildman–Crippen LogP) is 3.49. The summed E-state index contributed by atoms with van der Waals surface area (Å²) in [6, 6.07) is 6.05. The number of thiophene rings is 1. The van der Waals surface area contributed by atoms with E-state index < -0.39 is 0 Å². The van der Waals surface area contributed by atoms with E-state index in [-0.39, 0.29) is 17.6 Å². The number of halogens is 1. The summed E-state index contributed by atoms with van der Waals surface area (Å²) in [5, 5.41) is 17.1. The van der Waals surface area contributed by atoms with E-state index in [4.69, 9.17) is 0 Å². The number of nitrogens with one attached hydrogen (secondary N) is 1. The van der Waals surface area contributed by atoms with Gasteiger partial charge in [0, 0.05) is 11.6 Å². The second-order valence-corrected chi connectivity index (χ2v) is 5.04. The van der Waals surface area contributed by atoms with Gasteiger partial charge in [0.2, 0.25) is 0 Å². The van der Waals surface area contributed by atoms with Crippen molar-refractivity contribution in [3.05, 3.63) is 52.0 Å². The van der Waals surface area contributed by atoms with E-state index in [1.165, 1.54) is 23.8 Å². The molecule has 1 atom stereocenters. The highest BCUT2D eigenvalue weighted by atomic mass is 32.1. The molecule has 0 amide bonds. The normalized spacial score (nSPS) is 12.6. The highest BCUT2D eigenvalue weighted by molar-refractivity contribution is 7.07. The molecule has 2 aromatic rings. The number of hydrogen-bond donors (Lipinski definition) is 2. The first kappa shape index (κ1) is 13.1. The highest BCUT2D eigenvalue weighted by Gasteiger charge is 2.10. The Bertz CT molecular complexity index is 499. The lowest BCUT2D eigenvalue weighted by molar-refractivity contribution is 0.450. The zero-order valence-corrected chi connectivity index (χ0v) is 11.0. The van der Waals surface area contributed by atoms with Gasteiger partial charge in [-0.15, -0.1) is 0 Å². The molecule has 0 saturated carbocycles. The Balaban J connectivity index is 1.91. The van der Waals surface area contributed by atoms with Crippen molar-refractivity contribution in [2.75, 3.05) is 6.54 Å². The molecular weight excluding hydrogens is 249 g/mol. The number of phenols is 1. The van der Waals surface area contributed by atoms with E-state index in [1.54, 1.807) is 11.3 Å². The summed E-state index contributed by atoms with van der Waals surface area (Å²) in [6.07, 6.45) is 0.934. The summed E-state index contributed by atoms with van der Waals surface area (Å²) in [7, 11) is 0. The van der Waals surface area contributed by atoms with Gasteiger partial charge in [0.1, 0.15) is 11.6 Å². The van der Waals surface area contributed by atoms with Gasteiger partial charge in [-0.25, -0.2) is 4.39 Å². The molecule has 4 heteroatoms. The van der Waals surface area contributed by atoms with Crippen LogP contribution in [0, 0.1) is 5.82 Å². The van der Waals surface area contributed by atoms with Gasteiger partial charge in [-0.3, -0.25) is 0 Å². The summed E-state index contributed by atoms with van der Waals surface area (Å²) in [4.78, 5) is 0. The number of hydrogen-bond acceptors (Lipinski definition) is 3. The van der Waals surface area contributed by atoms with Crippen molar-refractivity contribution in [2.45, 2.75) is 19.4 Å². The maximum Gasteiger partial charge on any atom is 0.123 e. The van der Waals surface area contributed by atoms with Gasteiger partial charge in [-0.2, -0.15) is 11.3 Å². The Morgan fingerprint density at radius 1 is 1.39 bits per heavy atom. The Kier molecular flexibility index (Phi) is 4.33. The summed E-state index contributed by atoms with van der Waals surface area (Å²) in [5.74, 6) is -0.193. The first-order valence-corrected chi connectivity index (χ1v) is 6.84. The fraction of sp³-hybridized carbons (Fsp3) is 0.286. The molecule has 0 aliphatic heterocycles. The van der Waals surface area contributed by atoms with Gasteiger partial charge in [-0.1, -0.05) is 0 Å². The smallest absolute Gasteiger partial charge is 0.123 e. The predicted molar refractivity (Wildman–Crippen MR) is 72.5 cm³/mol. The van der Waals surface area contributed by atoms with Crippen molar-refractivity contribution in [1.29, 1.82) is 0 Å². The number of phenolic OH excluding ortho intramolecular Hbond substituents is 1. The van der Waals surface area contributed by atoms with Crippen LogP contribution in [0.1, 0.15) is 24.1 Å². The molecule has 2 N–H and O–H groups in total. The quantitative estimate of drug-likeness (QED) is 0.867. The van der Waals surface area contributed by atoms with Crippen molar-refractivity contribution < 1.29 is 9.50 Å². The van der Waals surface area contributed by atoms with Crippen LogP contribution >= 0.6 is 11.3 Å². The van der Waals surface area contributed by atoms with E-state index in [1.807, 2.05) is 6.92 Å². The summed E-state index contributed by atoms with van der Waals surface area (Å²) >= 11 is 1.68. The minimum Gasteiger partial charge on any atom is -0.508 e. The maximum atomic E-state index is 13.1. The molecule has 1 heterocycles. The topological polar surface area (TPSA) is 32.3 Å². The molecule has 1 aromatic carbocycles. The van der Waals surface area contributed by atoms with Crippen LogP contribution in [0.3, 0.4) is 0 Å². The van der Waals surface area contributed by atoms with Crippen molar-refractivity contribution in [3.8, 4) is 5.75 Å². The van der Waals surface area contributed by atoms with Crippen LogP contribution in [0.2, 0.25) is 0 Å². The first-order chi connectivity index (χ1) is 8.66. The standard InChI is InChI=1S/C14H16FNOS/c1-10(13-8-12(15)2-3-14(13)17)16-6-4-11-5-7-18-9-11/h2-3,5,7-10,16-17H,4,6H2,1H3. The van der Waals surface area contributed by atoms with Crippen LogP contribution in [0.15, 0.2) is 35.0 Å². The van der Waals surface area contributed by atoms with Crippen molar-refractivity contribution in [1.82, 2.24) is 5.32 Å². The molecule has 96 valence electrons. The Morgan fingerprint density at radius 2 is 2.22 bits per heavy atom. The molecule has 0 fully saturated rings. The third-order valence-electron chi connectivity index (χ3n) is 2.90. The van der Waals surface area contributed by atoms with E-state index in [0.717, 1.165) is 13.0 Å². The van der Waals surface area contributed by atoms with Gasteiger partial charge in [0.05, 0.1) is 0 Å². The molecule has 0 aliphatic rings. The van der Waals surface area contributed by atoms with E-state index in [9.17, 15) is 9.50 Å². The monoisotopic (exact) mass is 265 g/mol. The summed E-state index contributed by atoms with van der Waals surface area (Å²) in [6.45, 7) is 2.72. The van der Waals surface area contributed by atoms with Gasteiger partial charge in [0.25, 0.3) is 0 Å². The lowest BCUT2D eigenvalue weighted by Crippen LogP contribution is -2.21. The van der Waals surface area contributed by atoms with Gasteiger partial charge in [0.15, 0.2) is 0 Å². The van der Waals surface area contributed by atoms with Crippen LogP contribution in [0.5, 0.6) is 5.75 Å². The Hall–Kier alpha value is -1.39. The average Bonchev–Trinajstić information content (AvgIpc) is 2.85. The van der Waals surface area contributed by atoms with Crippen molar-refractivity contribution in [2.24, 2.45) is 0 Å². The minimum absolute atomic E-state index is 0.0701. The van der Waals surface area contributed by atoms with Crippen LogP contribution in [0.4, 0.5) is 4.39 Å². The molecule has 0 saturated heterocycles. The van der Waals surface area contributed by atoms with Crippen LogP contribution in [-0.4, -0.2) is 11.7 Å². The molecule has 0 aliphatic carbocycles. The van der Waals surface area contributed by atoms with Gasteiger partial charge < -0.3 is 10.4 Å². The van der Waals surface area contributed by atoms with Crippen molar-refractivity contribution >= 4 is 11.3 Å². The van der Waals surface area contributed by atoms with Gasteiger partial charge in [-0.05, 0) is 60.5 Å². The second-order valence-electron chi connectivity index (χ2n) is 4.26. The fourth-order valence-electron chi connectivity index (χ4n) is 1.85. The minimum atomic E-state index is -0.325. The third-order valence-corrected chi connectivity index (χ3v) is 3.63. The number of aromatic hydroxyl groups is 1. The molecule has 1 unspecified atom stereocenters. The molecule has 0 radical (unpaired) electrons. The third kappa shape index (κ3) is 3.31. The van der Waals surface area contributed by atoms with Crippen LogP contribution in [0.25, 0.3) is 0 Å². The number of benzene rings is 1. The largest absolute Gasteiger partial charge is 0.508 e. The SMILES string of the molecule is CC(NCCc1ccsc1)c1cc(F)ccc1O. The van der Waals surface area contributed by atoms with E-state index in [2.05, 4.69) is 22.1 Å². The molecule has 0 bridgehead atoms. The lowest BCUT2D eigenvalue weighted by atomic mass is 10.1. The second kappa shape index (κ2) is 5.98. The average molecular weight is 265 g/mol. The number of rotatable bonds is 5. The summed E-state index contributed by atoms with van der Waals surface area (Å²) in [5.41, 5.74) is 1.89. The molecule has 18 heavy (non-hydrogen) atoms. The van der Waals surface area contributed by atoms with Crippen LogP contribution < -0.4 is 5.32 Å². The Morgan fingerprint density at radius 3 is 2.94 bits per heavy atom. The van der Waals surface area contributed by atoms with Gasteiger partial charge >= 0.3 is 0 Å². The molecule has 0 spiro atoms. The van der Waals surface area contributed by atoms with E-state index in [0.29, 0.717) is 5.56 Å². The Labute approximate surface area is 110 Å². The van der Waals surface area contributed by atoms with E-state index >= 15 is 0 Å². The molecule has 1 aromatic heterocycles. The zero-order chi connectivity index (χ0) is 13.0. The first-order valence-electron chi connectivity index (χ1n) is 5.89.